The summed E-state index contributed by atoms with van der Waals surface area (Å²) in [5, 5.41) is 9.10. The molecule has 2 heterocycles. The molecule has 1 amide bonds. The first-order valence-corrected chi connectivity index (χ1v) is 9.21. The number of nitrogens with one attached hydrogen (secondary N) is 1. The quantitative estimate of drug-likeness (QED) is 0.714. The van der Waals surface area contributed by atoms with E-state index in [4.69, 9.17) is 27.9 Å². The van der Waals surface area contributed by atoms with Gasteiger partial charge in [0.2, 0.25) is 0 Å². The van der Waals surface area contributed by atoms with E-state index in [1.54, 1.807) is 12.1 Å². The average Bonchev–Trinajstić information content (AvgIpc) is 3.06. The first kappa shape index (κ1) is 17.2. The number of fused-ring (bicyclic) bond motifs is 1. The van der Waals surface area contributed by atoms with Gasteiger partial charge in [-0.25, -0.2) is 0 Å². The summed E-state index contributed by atoms with van der Waals surface area (Å²) in [6.07, 6.45) is 1.64. The Morgan fingerprint density at radius 3 is 2.50 bits per heavy atom. The Morgan fingerprint density at radius 1 is 1.08 bits per heavy atom. The maximum Gasteiger partial charge on any atom is 0.274 e. The molecule has 5 nitrogen and oxygen atoms in total. The van der Waals surface area contributed by atoms with Crippen LogP contribution in [0.5, 0.6) is 5.75 Å². The lowest BCUT2D eigenvalue weighted by atomic mass is 10.1. The summed E-state index contributed by atoms with van der Waals surface area (Å²) >= 11 is 11.9. The number of halogens is 2. The smallest absolute Gasteiger partial charge is 0.274 e. The highest BCUT2D eigenvalue weighted by molar-refractivity contribution is 6.31. The number of amides is 1. The van der Waals surface area contributed by atoms with Crippen molar-refractivity contribution in [3.8, 4) is 5.75 Å². The summed E-state index contributed by atoms with van der Waals surface area (Å²) in [7, 11) is 0. The zero-order valence-corrected chi connectivity index (χ0v) is 15.4. The van der Waals surface area contributed by atoms with Crippen LogP contribution in [-0.2, 0) is 0 Å². The fourth-order valence-electron chi connectivity index (χ4n) is 3.18. The molecule has 7 heteroatoms. The number of likely N-dealkylation sites (tertiary alicyclic amines) is 1. The fourth-order valence-corrected chi connectivity index (χ4v) is 3.48. The molecule has 134 valence electrons. The van der Waals surface area contributed by atoms with Crippen molar-refractivity contribution in [2.45, 2.75) is 18.9 Å². The van der Waals surface area contributed by atoms with E-state index in [9.17, 15) is 4.79 Å². The summed E-state index contributed by atoms with van der Waals surface area (Å²) in [4.78, 5) is 14.7. The van der Waals surface area contributed by atoms with Crippen molar-refractivity contribution >= 4 is 40.0 Å². The first-order chi connectivity index (χ1) is 12.6. The first-order valence-electron chi connectivity index (χ1n) is 8.45. The maximum atomic E-state index is 12.8. The van der Waals surface area contributed by atoms with E-state index in [0.717, 1.165) is 29.5 Å². The van der Waals surface area contributed by atoms with Crippen molar-refractivity contribution in [3.63, 3.8) is 0 Å². The number of aromatic amines is 1. The van der Waals surface area contributed by atoms with Gasteiger partial charge in [0.25, 0.3) is 5.91 Å². The maximum absolute atomic E-state index is 12.8. The number of hydrogen-bond acceptors (Lipinski definition) is 3. The molecular formula is C19H17Cl2N3O2. The SMILES string of the molecule is O=C(c1n[nH]c2ccc(Cl)cc12)N1CCC(Oc2ccc(Cl)cc2)CC1. The molecule has 4 rings (SSSR count). The number of nitrogens with zero attached hydrogens (tertiary/aromatic N) is 2. The number of hydrogen-bond donors (Lipinski definition) is 1. The average molecular weight is 390 g/mol. The van der Waals surface area contributed by atoms with E-state index in [2.05, 4.69) is 10.2 Å². The van der Waals surface area contributed by atoms with E-state index in [1.807, 2.05) is 35.2 Å². The van der Waals surface area contributed by atoms with Crippen LogP contribution in [0.4, 0.5) is 0 Å². The van der Waals surface area contributed by atoms with Crippen LogP contribution in [0.25, 0.3) is 10.9 Å². The van der Waals surface area contributed by atoms with Gasteiger partial charge in [-0.1, -0.05) is 23.2 Å². The van der Waals surface area contributed by atoms with Crippen LogP contribution in [0.3, 0.4) is 0 Å². The van der Waals surface area contributed by atoms with Gasteiger partial charge in [0.15, 0.2) is 5.69 Å². The minimum Gasteiger partial charge on any atom is -0.490 e. The number of carbonyl (C=O) groups is 1. The Labute approximate surface area is 160 Å². The molecule has 1 aliphatic heterocycles. The summed E-state index contributed by atoms with van der Waals surface area (Å²) in [6.45, 7) is 1.26. The summed E-state index contributed by atoms with van der Waals surface area (Å²) in [6, 6.07) is 12.7. The van der Waals surface area contributed by atoms with Gasteiger partial charge in [0, 0.05) is 41.4 Å². The third kappa shape index (κ3) is 3.50. The molecule has 0 atom stereocenters. The van der Waals surface area contributed by atoms with Crippen molar-refractivity contribution in [1.29, 1.82) is 0 Å². The molecular weight excluding hydrogens is 373 g/mol. The Bertz CT molecular complexity index is 932. The lowest BCUT2D eigenvalue weighted by molar-refractivity contribution is 0.0592. The van der Waals surface area contributed by atoms with Crippen LogP contribution < -0.4 is 4.74 Å². The van der Waals surface area contributed by atoms with Gasteiger partial charge < -0.3 is 9.64 Å². The number of carbonyl (C=O) groups excluding carboxylic acids is 1. The summed E-state index contributed by atoms with van der Waals surface area (Å²) in [5.41, 5.74) is 1.22. The van der Waals surface area contributed by atoms with Crippen LogP contribution in [-0.4, -0.2) is 40.2 Å². The second-order valence-corrected chi connectivity index (χ2v) is 7.20. The van der Waals surface area contributed by atoms with Crippen LogP contribution in [0.15, 0.2) is 42.5 Å². The number of aromatic nitrogens is 2. The van der Waals surface area contributed by atoms with Gasteiger partial charge in [0.1, 0.15) is 11.9 Å². The predicted octanol–water partition coefficient (Wildman–Crippen LogP) is 4.55. The van der Waals surface area contributed by atoms with Crippen LogP contribution in [0.1, 0.15) is 23.3 Å². The molecule has 1 aromatic heterocycles. The van der Waals surface area contributed by atoms with Gasteiger partial charge in [-0.3, -0.25) is 9.89 Å². The van der Waals surface area contributed by atoms with Crippen molar-refractivity contribution in [2.75, 3.05) is 13.1 Å². The Hall–Kier alpha value is -2.24. The van der Waals surface area contributed by atoms with Crippen LogP contribution in [0.2, 0.25) is 10.0 Å². The summed E-state index contributed by atoms with van der Waals surface area (Å²) in [5.74, 6) is 0.718. The molecule has 2 aromatic carbocycles. The zero-order valence-electron chi connectivity index (χ0n) is 13.9. The largest absolute Gasteiger partial charge is 0.490 e. The Kier molecular flexibility index (Phi) is 4.74. The molecule has 1 N–H and O–H groups in total. The lowest BCUT2D eigenvalue weighted by Crippen LogP contribution is -2.42. The molecule has 26 heavy (non-hydrogen) atoms. The molecule has 0 radical (unpaired) electrons. The standard InChI is InChI=1S/C19H17Cl2N3O2/c20-12-1-4-14(5-2-12)26-15-7-9-24(10-8-15)19(25)18-16-11-13(21)3-6-17(16)22-23-18/h1-6,11,15H,7-10H2,(H,22,23). The van der Waals surface area contributed by atoms with Crippen molar-refractivity contribution in [1.82, 2.24) is 15.1 Å². The fraction of sp³-hybridized carbons (Fsp3) is 0.263. The number of H-pyrrole nitrogens is 1. The molecule has 1 fully saturated rings. The van der Waals surface area contributed by atoms with E-state index in [-0.39, 0.29) is 12.0 Å². The Balaban J connectivity index is 1.41. The van der Waals surface area contributed by atoms with Gasteiger partial charge in [-0.15, -0.1) is 0 Å². The van der Waals surface area contributed by atoms with Gasteiger partial charge in [-0.05, 0) is 42.5 Å². The van der Waals surface area contributed by atoms with Crippen molar-refractivity contribution in [2.24, 2.45) is 0 Å². The minimum absolute atomic E-state index is 0.0801. The molecule has 0 spiro atoms. The predicted molar refractivity (Wildman–Crippen MR) is 102 cm³/mol. The molecule has 0 unspecified atom stereocenters. The van der Waals surface area contributed by atoms with Gasteiger partial charge in [-0.2, -0.15) is 5.10 Å². The normalized spacial score (nSPS) is 15.4. The number of ether oxygens (including phenoxy) is 1. The van der Waals surface area contributed by atoms with E-state index in [1.165, 1.54) is 0 Å². The summed E-state index contributed by atoms with van der Waals surface area (Å²) < 4.78 is 5.98. The number of rotatable bonds is 3. The zero-order chi connectivity index (χ0) is 18.1. The molecule has 0 bridgehead atoms. The second-order valence-electron chi connectivity index (χ2n) is 6.33. The number of benzene rings is 2. The third-order valence-corrected chi connectivity index (χ3v) is 5.06. The highest BCUT2D eigenvalue weighted by Crippen LogP contribution is 2.24. The molecule has 0 aliphatic carbocycles. The Morgan fingerprint density at radius 2 is 1.77 bits per heavy atom. The van der Waals surface area contributed by atoms with Crippen LogP contribution in [0, 0.1) is 0 Å². The molecule has 3 aromatic rings. The van der Waals surface area contributed by atoms with E-state index < -0.39 is 0 Å². The lowest BCUT2D eigenvalue weighted by Gasteiger charge is -2.31. The topological polar surface area (TPSA) is 58.2 Å². The van der Waals surface area contributed by atoms with Gasteiger partial charge >= 0.3 is 0 Å². The van der Waals surface area contributed by atoms with E-state index >= 15 is 0 Å². The molecule has 1 saturated heterocycles. The second kappa shape index (κ2) is 7.17. The van der Waals surface area contributed by atoms with Crippen molar-refractivity contribution in [3.05, 3.63) is 58.2 Å². The van der Waals surface area contributed by atoms with Gasteiger partial charge in [0.05, 0.1) is 5.52 Å². The van der Waals surface area contributed by atoms with Crippen LogP contribution >= 0.6 is 23.2 Å². The van der Waals surface area contributed by atoms with Crippen molar-refractivity contribution < 1.29 is 9.53 Å². The molecule has 0 saturated carbocycles. The number of piperidine rings is 1. The third-order valence-electron chi connectivity index (χ3n) is 4.57. The minimum atomic E-state index is -0.0801. The highest BCUT2D eigenvalue weighted by atomic mass is 35.5. The molecule has 1 aliphatic rings. The monoisotopic (exact) mass is 389 g/mol. The highest BCUT2D eigenvalue weighted by Gasteiger charge is 2.27. The van der Waals surface area contributed by atoms with E-state index in [0.29, 0.717) is 28.8 Å².